The third-order valence-corrected chi connectivity index (χ3v) is 7.55. The van der Waals surface area contributed by atoms with Crippen molar-refractivity contribution in [2.24, 2.45) is 0 Å². The van der Waals surface area contributed by atoms with Gasteiger partial charge >= 0.3 is 6.03 Å². The zero-order chi connectivity index (χ0) is 27.2. The number of fused-ring (bicyclic) bond motifs is 1. The number of carbonyl (C=O) groups is 1. The number of hydrazine groups is 1. The van der Waals surface area contributed by atoms with Gasteiger partial charge in [-0.2, -0.15) is 0 Å². The van der Waals surface area contributed by atoms with Crippen LogP contribution in [0, 0.1) is 0 Å². The number of amides is 2. The minimum Gasteiger partial charge on any atom is -0.335 e. The lowest BCUT2D eigenvalue weighted by atomic mass is 10.1. The number of piperidine rings is 1. The predicted octanol–water partition coefficient (Wildman–Crippen LogP) is 2.82. The molecule has 4 aromatic rings. The summed E-state index contributed by atoms with van der Waals surface area (Å²) in [4.78, 5) is 22.0. The number of aromatic nitrogens is 4. The molecule has 39 heavy (non-hydrogen) atoms. The minimum atomic E-state index is -3.84. The molecule has 0 saturated carbocycles. The first-order chi connectivity index (χ1) is 18.9. The second kappa shape index (κ2) is 11.6. The second-order valence-electron chi connectivity index (χ2n) is 9.18. The van der Waals surface area contributed by atoms with E-state index in [0.717, 1.165) is 31.5 Å². The summed E-state index contributed by atoms with van der Waals surface area (Å²) in [5, 5.41) is 14.1. The molecule has 1 fully saturated rings. The van der Waals surface area contributed by atoms with E-state index in [1.807, 2.05) is 36.4 Å². The number of benzene rings is 2. The highest BCUT2D eigenvalue weighted by Crippen LogP contribution is 2.18. The lowest BCUT2D eigenvalue weighted by Gasteiger charge is -2.29. The Hall–Kier alpha value is -4.33. The summed E-state index contributed by atoms with van der Waals surface area (Å²) in [6.45, 7) is 1.84. The van der Waals surface area contributed by atoms with Gasteiger partial charge in [-0.05, 0) is 56.8 Å². The van der Waals surface area contributed by atoms with E-state index in [1.54, 1.807) is 28.7 Å². The fourth-order valence-corrected chi connectivity index (χ4v) is 5.06. The fraction of sp³-hybridized carbons (Fsp3) is 0.231. The molecular weight excluding hydrogens is 518 g/mol. The molecule has 0 unspecified atom stereocenters. The van der Waals surface area contributed by atoms with Crippen LogP contribution < -0.4 is 20.9 Å². The maximum Gasteiger partial charge on any atom is 0.321 e. The van der Waals surface area contributed by atoms with Crippen LogP contribution in [0.15, 0.2) is 71.6 Å². The monoisotopic (exact) mass is 547 g/mol. The van der Waals surface area contributed by atoms with Crippen molar-refractivity contribution in [2.45, 2.75) is 23.8 Å². The molecule has 13 heteroatoms. The van der Waals surface area contributed by atoms with Gasteiger partial charge in [-0.3, -0.25) is 10.7 Å². The molecule has 12 nitrogen and oxygen atoms in total. The number of urea groups is 1. The van der Waals surface area contributed by atoms with Gasteiger partial charge < -0.3 is 10.2 Å². The van der Waals surface area contributed by atoms with E-state index in [2.05, 4.69) is 48.0 Å². The minimum absolute atomic E-state index is 0.0735. The molecule has 3 heterocycles. The van der Waals surface area contributed by atoms with Gasteiger partial charge in [-0.25, -0.2) is 22.6 Å². The first-order valence-corrected chi connectivity index (χ1v) is 13.9. The van der Waals surface area contributed by atoms with Gasteiger partial charge in [0.2, 0.25) is 5.95 Å². The van der Waals surface area contributed by atoms with Crippen LogP contribution >= 0.6 is 0 Å². The number of anilines is 2. The first-order valence-electron chi connectivity index (χ1n) is 12.5. The van der Waals surface area contributed by atoms with Crippen molar-refractivity contribution in [3.05, 3.63) is 78.1 Å². The molecule has 1 aliphatic heterocycles. The Morgan fingerprint density at radius 3 is 2.38 bits per heavy atom. The van der Waals surface area contributed by atoms with E-state index in [4.69, 9.17) is 0 Å². The van der Waals surface area contributed by atoms with Crippen molar-refractivity contribution in [1.29, 1.82) is 0 Å². The molecule has 1 saturated heterocycles. The third kappa shape index (κ3) is 6.57. The van der Waals surface area contributed by atoms with Crippen LogP contribution in [0.4, 0.5) is 16.6 Å². The van der Waals surface area contributed by atoms with E-state index < -0.39 is 10.0 Å². The molecule has 0 bridgehead atoms. The van der Waals surface area contributed by atoms with Crippen molar-refractivity contribution >= 4 is 45.6 Å². The number of hydrogen-bond donors (Lipinski definition) is 4. The topological polar surface area (TPSA) is 146 Å². The van der Waals surface area contributed by atoms with Crippen molar-refractivity contribution < 1.29 is 13.2 Å². The lowest BCUT2D eigenvalue weighted by molar-refractivity contribution is 0.221. The lowest BCUT2D eigenvalue weighted by Crippen LogP contribution is -2.45. The molecule has 5 rings (SSSR count). The predicted molar refractivity (Wildman–Crippen MR) is 149 cm³/mol. The standard InChI is InChI=1S/C26H29N9O3S/c1-34-16-14-20(15-17-34)27-26(36)29-25-32-31-24-18-22(30-33-39(37,38)21-10-6-3-7-11-21)28-23(35(24)25)13-12-19-8-4-2-5-9-19/h2-13,18,20,30,33H,14-17H2,1H3,(H2,27,29,32,36)/b13-12+. The Labute approximate surface area is 226 Å². The van der Waals surface area contributed by atoms with Crippen molar-refractivity contribution in [3.63, 3.8) is 0 Å². The maximum absolute atomic E-state index is 12.8. The van der Waals surface area contributed by atoms with Gasteiger partial charge in [0.15, 0.2) is 5.65 Å². The molecule has 0 radical (unpaired) electrons. The number of likely N-dealkylation sites (tertiary alicyclic amines) is 1. The van der Waals surface area contributed by atoms with Crippen LogP contribution in [0.3, 0.4) is 0 Å². The van der Waals surface area contributed by atoms with Gasteiger partial charge in [0.1, 0.15) is 11.6 Å². The quantitative estimate of drug-likeness (QED) is 0.246. The number of nitrogens with one attached hydrogen (secondary N) is 4. The van der Waals surface area contributed by atoms with Crippen molar-refractivity contribution in [3.8, 4) is 0 Å². The summed E-state index contributed by atoms with van der Waals surface area (Å²) < 4.78 is 26.9. The van der Waals surface area contributed by atoms with Crippen LogP contribution in [0.2, 0.25) is 0 Å². The third-order valence-electron chi connectivity index (χ3n) is 6.29. The summed E-state index contributed by atoms with van der Waals surface area (Å²) in [6.07, 6.45) is 5.32. The highest BCUT2D eigenvalue weighted by Gasteiger charge is 2.20. The Morgan fingerprint density at radius 1 is 0.974 bits per heavy atom. The molecule has 4 N–H and O–H groups in total. The average molecular weight is 548 g/mol. The summed E-state index contributed by atoms with van der Waals surface area (Å²) in [7, 11) is -1.78. The molecule has 1 aliphatic rings. The number of nitrogens with zero attached hydrogens (tertiary/aromatic N) is 5. The van der Waals surface area contributed by atoms with Gasteiger partial charge in [-0.15, -0.1) is 15.0 Å². The molecule has 202 valence electrons. The van der Waals surface area contributed by atoms with Gasteiger partial charge in [0.05, 0.1) is 4.90 Å². The van der Waals surface area contributed by atoms with E-state index >= 15 is 0 Å². The SMILES string of the molecule is CN1CCC(NC(=O)Nc2nnc3cc(NNS(=O)(=O)c4ccccc4)nc(/C=C/c4ccccc4)n23)CC1. The number of hydrogen-bond acceptors (Lipinski definition) is 8. The Bertz CT molecular complexity index is 1570. The number of carbonyl (C=O) groups excluding carboxylic acids is 1. The van der Waals surface area contributed by atoms with E-state index in [0.29, 0.717) is 11.5 Å². The largest absolute Gasteiger partial charge is 0.335 e. The summed E-state index contributed by atoms with van der Waals surface area (Å²) in [5.41, 5.74) is 3.94. The fourth-order valence-electron chi connectivity index (χ4n) is 4.19. The molecule has 2 aromatic heterocycles. The van der Waals surface area contributed by atoms with Crippen LogP contribution in [-0.4, -0.2) is 65.1 Å². The van der Waals surface area contributed by atoms with Crippen LogP contribution in [-0.2, 0) is 10.0 Å². The molecule has 0 aliphatic carbocycles. The molecular formula is C26H29N9O3S. The maximum atomic E-state index is 12.8. The van der Waals surface area contributed by atoms with Crippen molar-refractivity contribution in [1.82, 2.24) is 34.6 Å². The number of sulfonamides is 1. The highest BCUT2D eigenvalue weighted by molar-refractivity contribution is 7.89. The van der Waals surface area contributed by atoms with Gasteiger partial charge in [-0.1, -0.05) is 54.6 Å². The summed E-state index contributed by atoms with van der Waals surface area (Å²) >= 11 is 0. The number of rotatable bonds is 8. The second-order valence-corrected chi connectivity index (χ2v) is 10.9. The molecule has 0 atom stereocenters. The van der Waals surface area contributed by atoms with E-state index in [9.17, 15) is 13.2 Å². The van der Waals surface area contributed by atoms with Crippen LogP contribution in [0.5, 0.6) is 0 Å². The molecule has 2 amide bonds. The van der Waals surface area contributed by atoms with E-state index in [1.165, 1.54) is 18.2 Å². The van der Waals surface area contributed by atoms with Crippen LogP contribution in [0.25, 0.3) is 17.8 Å². The van der Waals surface area contributed by atoms with Crippen molar-refractivity contribution in [2.75, 3.05) is 30.9 Å². The average Bonchev–Trinajstić information content (AvgIpc) is 3.35. The first kappa shape index (κ1) is 26.3. The zero-order valence-corrected chi connectivity index (χ0v) is 22.1. The normalized spacial score (nSPS) is 15.0. The highest BCUT2D eigenvalue weighted by atomic mass is 32.2. The zero-order valence-electron chi connectivity index (χ0n) is 21.3. The Kier molecular flexibility index (Phi) is 7.81. The van der Waals surface area contributed by atoms with Crippen LogP contribution in [0.1, 0.15) is 24.2 Å². The van der Waals surface area contributed by atoms with E-state index in [-0.39, 0.29) is 28.7 Å². The summed E-state index contributed by atoms with van der Waals surface area (Å²) in [5.74, 6) is 0.758. The molecule has 2 aromatic carbocycles. The Morgan fingerprint density at radius 2 is 1.67 bits per heavy atom. The Balaban J connectivity index is 1.41. The molecule has 0 spiro atoms. The smallest absolute Gasteiger partial charge is 0.321 e. The van der Waals surface area contributed by atoms with Gasteiger partial charge in [0, 0.05) is 12.1 Å². The van der Waals surface area contributed by atoms with Gasteiger partial charge in [0.25, 0.3) is 10.0 Å². The summed E-state index contributed by atoms with van der Waals surface area (Å²) in [6, 6.07) is 18.8.